The molecule has 0 bridgehead atoms. The summed E-state index contributed by atoms with van der Waals surface area (Å²) in [6.07, 6.45) is 7.28. The molecule has 0 atom stereocenters. The van der Waals surface area contributed by atoms with E-state index in [1.165, 1.54) is 13.2 Å². The first-order valence-electron chi connectivity index (χ1n) is 3.48. The predicted octanol–water partition coefficient (Wildman–Crippen LogP) is 0.545. The zero-order valence-electron chi connectivity index (χ0n) is 6.49. The highest BCUT2D eigenvalue weighted by atomic mass is 16.5. The van der Waals surface area contributed by atoms with Crippen LogP contribution in [-0.4, -0.2) is 31.1 Å². The van der Waals surface area contributed by atoms with Crippen LogP contribution in [0.2, 0.25) is 0 Å². The molecule has 1 heterocycles. The lowest BCUT2D eigenvalue weighted by atomic mass is 10.5. The summed E-state index contributed by atoms with van der Waals surface area (Å²) in [5.41, 5.74) is 0. The maximum Gasteiger partial charge on any atom is 0.331 e. The van der Waals surface area contributed by atoms with Crippen molar-refractivity contribution in [2.75, 3.05) is 20.2 Å². The lowest BCUT2D eigenvalue weighted by molar-refractivity contribution is -0.134. The Hall–Kier alpha value is -1.25. The van der Waals surface area contributed by atoms with E-state index in [1.807, 2.05) is 4.90 Å². The van der Waals surface area contributed by atoms with Gasteiger partial charge in [-0.25, -0.2) is 4.79 Å². The van der Waals surface area contributed by atoms with Gasteiger partial charge in [0.2, 0.25) is 0 Å². The fourth-order valence-corrected chi connectivity index (χ4v) is 0.850. The number of carbonyl (C=O) groups is 1. The maximum atomic E-state index is 10.6. The second-order valence-corrected chi connectivity index (χ2v) is 2.26. The minimum absolute atomic E-state index is 0.308. The van der Waals surface area contributed by atoms with Crippen LogP contribution in [0.3, 0.4) is 0 Å². The van der Waals surface area contributed by atoms with Crippen LogP contribution in [-0.2, 0) is 9.53 Å². The van der Waals surface area contributed by atoms with Crippen LogP contribution < -0.4 is 0 Å². The molecule has 0 aliphatic carbocycles. The van der Waals surface area contributed by atoms with E-state index in [0.717, 1.165) is 13.1 Å². The Morgan fingerprint density at radius 2 is 2.18 bits per heavy atom. The number of methoxy groups -OCH3 is 1. The van der Waals surface area contributed by atoms with Gasteiger partial charge in [0.1, 0.15) is 0 Å². The molecule has 11 heavy (non-hydrogen) atoms. The van der Waals surface area contributed by atoms with Crippen LogP contribution in [0.5, 0.6) is 0 Å². The van der Waals surface area contributed by atoms with E-state index in [2.05, 4.69) is 16.9 Å². The molecule has 1 rings (SSSR count). The Kier molecular flexibility index (Phi) is 2.72. The summed E-state index contributed by atoms with van der Waals surface area (Å²) in [6, 6.07) is 0. The SMILES string of the molecule is COC(=O)/C=C/N1CC=CC1. The van der Waals surface area contributed by atoms with Crippen molar-refractivity contribution in [3.63, 3.8) is 0 Å². The average molecular weight is 153 g/mol. The Bertz CT molecular complexity index is 188. The molecule has 0 N–H and O–H groups in total. The van der Waals surface area contributed by atoms with Crippen molar-refractivity contribution in [1.29, 1.82) is 0 Å². The summed E-state index contributed by atoms with van der Waals surface area (Å²) in [4.78, 5) is 12.6. The third kappa shape index (κ3) is 2.45. The molecule has 0 saturated heterocycles. The lowest BCUT2D eigenvalue weighted by Crippen LogP contribution is -2.12. The normalized spacial score (nSPS) is 16.3. The predicted molar refractivity (Wildman–Crippen MR) is 41.9 cm³/mol. The van der Waals surface area contributed by atoms with E-state index in [9.17, 15) is 4.79 Å². The standard InChI is InChI=1S/C8H11NO2/c1-11-8(10)4-7-9-5-2-3-6-9/h2-4,7H,5-6H2,1H3/b7-4+. The second kappa shape index (κ2) is 3.81. The van der Waals surface area contributed by atoms with Crippen molar-refractivity contribution in [2.45, 2.75) is 0 Å². The first-order valence-corrected chi connectivity index (χ1v) is 3.48. The molecule has 0 aromatic carbocycles. The zero-order chi connectivity index (χ0) is 8.10. The van der Waals surface area contributed by atoms with Crippen LogP contribution in [0.1, 0.15) is 0 Å². The molecule has 3 heteroatoms. The van der Waals surface area contributed by atoms with Crippen LogP contribution in [0.15, 0.2) is 24.4 Å². The number of nitrogens with zero attached hydrogens (tertiary/aromatic N) is 1. The fourth-order valence-electron chi connectivity index (χ4n) is 0.850. The van der Waals surface area contributed by atoms with Crippen molar-refractivity contribution in [1.82, 2.24) is 4.90 Å². The quantitative estimate of drug-likeness (QED) is 0.329. The van der Waals surface area contributed by atoms with E-state index >= 15 is 0 Å². The highest BCUT2D eigenvalue weighted by Crippen LogP contribution is 1.98. The van der Waals surface area contributed by atoms with Crippen molar-refractivity contribution >= 4 is 5.97 Å². The molecule has 0 aromatic rings. The summed E-state index contributed by atoms with van der Waals surface area (Å²) in [6.45, 7) is 1.76. The molecule has 0 aromatic heterocycles. The first-order chi connectivity index (χ1) is 5.33. The molecular formula is C8H11NO2. The van der Waals surface area contributed by atoms with Gasteiger partial charge in [-0.15, -0.1) is 0 Å². The van der Waals surface area contributed by atoms with E-state index < -0.39 is 0 Å². The highest BCUT2D eigenvalue weighted by Gasteiger charge is 2.00. The minimum Gasteiger partial charge on any atom is -0.466 e. The zero-order valence-corrected chi connectivity index (χ0v) is 6.49. The van der Waals surface area contributed by atoms with Crippen molar-refractivity contribution in [2.24, 2.45) is 0 Å². The van der Waals surface area contributed by atoms with Crippen LogP contribution >= 0.6 is 0 Å². The number of hydrogen-bond donors (Lipinski definition) is 0. The Balaban J connectivity index is 2.29. The maximum absolute atomic E-state index is 10.6. The molecule has 0 spiro atoms. The van der Waals surface area contributed by atoms with E-state index in [-0.39, 0.29) is 5.97 Å². The fraction of sp³-hybridized carbons (Fsp3) is 0.375. The molecule has 0 radical (unpaired) electrons. The summed E-state index contributed by atoms with van der Waals surface area (Å²) in [7, 11) is 1.37. The minimum atomic E-state index is -0.308. The molecule has 0 amide bonds. The van der Waals surface area contributed by atoms with E-state index in [0.29, 0.717) is 0 Å². The molecule has 1 aliphatic rings. The average Bonchev–Trinajstić information content (AvgIpc) is 2.52. The lowest BCUT2D eigenvalue weighted by Gasteiger charge is -2.09. The van der Waals surface area contributed by atoms with Gasteiger partial charge in [0.05, 0.1) is 7.11 Å². The topological polar surface area (TPSA) is 29.5 Å². The number of rotatable bonds is 2. The van der Waals surface area contributed by atoms with Gasteiger partial charge in [-0.05, 0) is 0 Å². The van der Waals surface area contributed by atoms with Crippen molar-refractivity contribution < 1.29 is 9.53 Å². The highest BCUT2D eigenvalue weighted by molar-refractivity contribution is 5.81. The Morgan fingerprint density at radius 3 is 2.73 bits per heavy atom. The van der Waals surface area contributed by atoms with Crippen LogP contribution in [0.25, 0.3) is 0 Å². The van der Waals surface area contributed by atoms with Gasteiger partial charge in [-0.1, -0.05) is 12.2 Å². The second-order valence-electron chi connectivity index (χ2n) is 2.26. The third-order valence-corrected chi connectivity index (χ3v) is 1.47. The summed E-state index contributed by atoms with van der Waals surface area (Å²) < 4.78 is 4.44. The monoisotopic (exact) mass is 153 g/mol. The molecule has 0 unspecified atom stereocenters. The molecular weight excluding hydrogens is 142 g/mol. The molecule has 0 fully saturated rings. The third-order valence-electron chi connectivity index (χ3n) is 1.47. The van der Waals surface area contributed by atoms with E-state index in [1.54, 1.807) is 6.20 Å². The number of ether oxygens (including phenoxy) is 1. The van der Waals surface area contributed by atoms with Gasteiger partial charge >= 0.3 is 5.97 Å². The van der Waals surface area contributed by atoms with E-state index in [4.69, 9.17) is 0 Å². The summed E-state index contributed by atoms with van der Waals surface area (Å²) in [5.74, 6) is -0.308. The number of esters is 1. The Labute approximate surface area is 65.9 Å². The smallest absolute Gasteiger partial charge is 0.331 e. The van der Waals surface area contributed by atoms with Gasteiger partial charge in [0, 0.05) is 25.4 Å². The van der Waals surface area contributed by atoms with Crippen LogP contribution in [0, 0.1) is 0 Å². The molecule has 60 valence electrons. The number of hydrogen-bond acceptors (Lipinski definition) is 3. The van der Waals surface area contributed by atoms with Crippen molar-refractivity contribution in [3.8, 4) is 0 Å². The van der Waals surface area contributed by atoms with Gasteiger partial charge in [0.25, 0.3) is 0 Å². The van der Waals surface area contributed by atoms with Crippen LogP contribution in [0.4, 0.5) is 0 Å². The Morgan fingerprint density at radius 1 is 1.55 bits per heavy atom. The molecule has 1 aliphatic heterocycles. The van der Waals surface area contributed by atoms with Gasteiger partial charge in [0.15, 0.2) is 0 Å². The van der Waals surface area contributed by atoms with Gasteiger partial charge in [-0.3, -0.25) is 0 Å². The molecule has 3 nitrogen and oxygen atoms in total. The summed E-state index contributed by atoms with van der Waals surface area (Å²) >= 11 is 0. The first kappa shape index (κ1) is 7.85. The summed E-state index contributed by atoms with van der Waals surface area (Å²) in [5, 5.41) is 0. The number of carbonyl (C=O) groups excluding carboxylic acids is 1. The van der Waals surface area contributed by atoms with Gasteiger partial charge < -0.3 is 9.64 Å². The molecule has 0 saturated carbocycles. The van der Waals surface area contributed by atoms with Gasteiger partial charge in [-0.2, -0.15) is 0 Å². The largest absolute Gasteiger partial charge is 0.466 e. The van der Waals surface area contributed by atoms with Crippen molar-refractivity contribution in [3.05, 3.63) is 24.4 Å².